The monoisotopic (exact) mass is 296 g/mol. The van der Waals surface area contributed by atoms with Crippen LogP contribution in [0, 0.1) is 12.8 Å². The zero-order valence-corrected chi connectivity index (χ0v) is 13.8. The normalized spacial score (nSPS) is 12.7. The Morgan fingerprint density at radius 1 is 1.24 bits per heavy atom. The van der Waals surface area contributed by atoms with Gasteiger partial charge in [0.25, 0.3) is 0 Å². The predicted molar refractivity (Wildman–Crippen MR) is 84.5 cm³/mol. The molecule has 0 fully saturated rings. The predicted octanol–water partition coefficient (Wildman–Crippen LogP) is 1.60. The van der Waals surface area contributed by atoms with Gasteiger partial charge in [0.2, 0.25) is 5.95 Å². The first-order valence-electron chi connectivity index (χ1n) is 7.35. The second kappa shape index (κ2) is 9.65. The summed E-state index contributed by atoms with van der Waals surface area (Å²) in [7, 11) is 3.33. The fourth-order valence-electron chi connectivity index (χ4n) is 1.85. The molecule has 120 valence electrons. The van der Waals surface area contributed by atoms with Crippen LogP contribution in [0.2, 0.25) is 0 Å². The fraction of sp³-hybridized carbons (Fsp3) is 0.733. The molecule has 0 aliphatic heterocycles. The minimum absolute atomic E-state index is 0.00806. The summed E-state index contributed by atoms with van der Waals surface area (Å²) >= 11 is 0. The standard InChI is InChI=1S/C15H28N4O2/c1-11(2)6-16-7-13-8-17-15(19-12(13)3)18-9-14(21-5)10-20-4/h8,11,14,16H,6-7,9-10H2,1-5H3,(H,17,18,19). The van der Waals surface area contributed by atoms with Gasteiger partial charge in [-0.15, -0.1) is 0 Å². The first kappa shape index (κ1) is 17.8. The van der Waals surface area contributed by atoms with E-state index in [1.54, 1.807) is 14.2 Å². The molecule has 0 amide bonds. The van der Waals surface area contributed by atoms with Crippen LogP contribution in [-0.2, 0) is 16.0 Å². The highest BCUT2D eigenvalue weighted by atomic mass is 16.5. The third-order valence-electron chi connectivity index (χ3n) is 3.12. The molecule has 0 aromatic carbocycles. The van der Waals surface area contributed by atoms with Crippen LogP contribution < -0.4 is 10.6 Å². The van der Waals surface area contributed by atoms with E-state index in [4.69, 9.17) is 9.47 Å². The molecule has 1 unspecified atom stereocenters. The number of nitrogens with zero attached hydrogens (tertiary/aromatic N) is 2. The second-order valence-corrected chi connectivity index (χ2v) is 5.52. The summed E-state index contributed by atoms with van der Waals surface area (Å²) < 4.78 is 10.4. The van der Waals surface area contributed by atoms with Crippen molar-refractivity contribution in [2.24, 2.45) is 5.92 Å². The van der Waals surface area contributed by atoms with Crippen LogP contribution in [0.5, 0.6) is 0 Å². The maximum absolute atomic E-state index is 5.29. The van der Waals surface area contributed by atoms with Crippen molar-refractivity contribution < 1.29 is 9.47 Å². The van der Waals surface area contributed by atoms with Crippen molar-refractivity contribution in [1.82, 2.24) is 15.3 Å². The SMILES string of the molecule is COCC(CNc1ncc(CNCC(C)C)c(C)n1)OC. The van der Waals surface area contributed by atoms with E-state index >= 15 is 0 Å². The number of hydrogen-bond donors (Lipinski definition) is 2. The van der Waals surface area contributed by atoms with E-state index in [0.717, 1.165) is 24.3 Å². The molecular weight excluding hydrogens is 268 g/mol. The number of methoxy groups -OCH3 is 2. The number of rotatable bonds is 10. The fourth-order valence-corrected chi connectivity index (χ4v) is 1.85. The van der Waals surface area contributed by atoms with Crippen molar-refractivity contribution in [2.45, 2.75) is 33.4 Å². The van der Waals surface area contributed by atoms with E-state index in [-0.39, 0.29) is 6.10 Å². The number of nitrogens with one attached hydrogen (secondary N) is 2. The van der Waals surface area contributed by atoms with Gasteiger partial charge in [0, 0.05) is 44.8 Å². The molecule has 1 atom stereocenters. The van der Waals surface area contributed by atoms with Crippen molar-refractivity contribution in [2.75, 3.05) is 39.2 Å². The van der Waals surface area contributed by atoms with E-state index in [1.807, 2.05) is 13.1 Å². The molecule has 1 aromatic heterocycles. The van der Waals surface area contributed by atoms with Crippen LogP contribution in [-0.4, -0.2) is 50.0 Å². The van der Waals surface area contributed by atoms with E-state index in [2.05, 4.69) is 34.4 Å². The van der Waals surface area contributed by atoms with Gasteiger partial charge in [-0.3, -0.25) is 0 Å². The summed E-state index contributed by atoms with van der Waals surface area (Å²) in [6.07, 6.45) is 1.86. The highest BCUT2D eigenvalue weighted by molar-refractivity contribution is 5.29. The molecule has 0 saturated carbocycles. The van der Waals surface area contributed by atoms with E-state index < -0.39 is 0 Å². The third kappa shape index (κ3) is 6.84. The Morgan fingerprint density at radius 3 is 2.57 bits per heavy atom. The lowest BCUT2D eigenvalue weighted by Crippen LogP contribution is -2.27. The molecule has 6 nitrogen and oxygen atoms in total. The number of hydrogen-bond acceptors (Lipinski definition) is 6. The molecule has 0 aliphatic rings. The summed E-state index contributed by atoms with van der Waals surface area (Å²) in [5.41, 5.74) is 2.12. The van der Waals surface area contributed by atoms with Crippen LogP contribution in [0.15, 0.2) is 6.20 Å². The highest BCUT2D eigenvalue weighted by Gasteiger charge is 2.08. The van der Waals surface area contributed by atoms with Crippen molar-refractivity contribution >= 4 is 5.95 Å². The minimum atomic E-state index is -0.00806. The zero-order valence-electron chi connectivity index (χ0n) is 13.8. The molecule has 0 spiro atoms. The molecule has 1 aromatic rings. The number of ether oxygens (including phenoxy) is 2. The van der Waals surface area contributed by atoms with E-state index in [9.17, 15) is 0 Å². The van der Waals surface area contributed by atoms with Crippen LogP contribution in [0.1, 0.15) is 25.1 Å². The number of aryl methyl sites for hydroxylation is 1. The second-order valence-electron chi connectivity index (χ2n) is 5.52. The van der Waals surface area contributed by atoms with E-state index in [0.29, 0.717) is 25.0 Å². The summed E-state index contributed by atoms with van der Waals surface area (Å²) in [5, 5.41) is 6.58. The molecule has 21 heavy (non-hydrogen) atoms. The van der Waals surface area contributed by atoms with Crippen LogP contribution in [0.4, 0.5) is 5.95 Å². The highest BCUT2D eigenvalue weighted by Crippen LogP contribution is 2.07. The Bertz CT molecular complexity index is 413. The van der Waals surface area contributed by atoms with Crippen molar-refractivity contribution in [3.05, 3.63) is 17.5 Å². The average Bonchev–Trinajstić information content (AvgIpc) is 2.45. The molecule has 0 aliphatic carbocycles. The largest absolute Gasteiger partial charge is 0.382 e. The van der Waals surface area contributed by atoms with E-state index in [1.165, 1.54) is 0 Å². The van der Waals surface area contributed by atoms with Crippen molar-refractivity contribution in [1.29, 1.82) is 0 Å². The van der Waals surface area contributed by atoms with Gasteiger partial charge in [-0.2, -0.15) is 0 Å². The lowest BCUT2D eigenvalue weighted by Gasteiger charge is -2.15. The van der Waals surface area contributed by atoms with Crippen molar-refractivity contribution in [3.63, 3.8) is 0 Å². The lowest BCUT2D eigenvalue weighted by atomic mass is 10.2. The van der Waals surface area contributed by atoms with Gasteiger partial charge in [-0.05, 0) is 19.4 Å². The minimum Gasteiger partial charge on any atom is -0.382 e. The smallest absolute Gasteiger partial charge is 0.222 e. The topological polar surface area (TPSA) is 68.3 Å². The lowest BCUT2D eigenvalue weighted by molar-refractivity contribution is 0.0365. The first-order valence-corrected chi connectivity index (χ1v) is 7.35. The molecule has 1 rings (SSSR count). The van der Waals surface area contributed by atoms with Gasteiger partial charge in [0.15, 0.2) is 0 Å². The van der Waals surface area contributed by atoms with Gasteiger partial charge in [-0.25, -0.2) is 9.97 Å². The van der Waals surface area contributed by atoms with Crippen LogP contribution in [0.25, 0.3) is 0 Å². The molecule has 2 N–H and O–H groups in total. The molecule has 6 heteroatoms. The molecule has 0 saturated heterocycles. The maximum atomic E-state index is 5.29. The van der Waals surface area contributed by atoms with Crippen LogP contribution in [0.3, 0.4) is 0 Å². The summed E-state index contributed by atoms with van der Waals surface area (Å²) in [4.78, 5) is 8.82. The zero-order chi connectivity index (χ0) is 15.7. The van der Waals surface area contributed by atoms with Gasteiger partial charge >= 0.3 is 0 Å². The maximum Gasteiger partial charge on any atom is 0.222 e. The summed E-state index contributed by atoms with van der Waals surface area (Å²) in [6.45, 7) is 9.34. The van der Waals surface area contributed by atoms with Gasteiger partial charge < -0.3 is 20.1 Å². The van der Waals surface area contributed by atoms with Gasteiger partial charge in [0.05, 0.1) is 12.7 Å². The number of anilines is 1. The molecule has 0 radical (unpaired) electrons. The first-order chi connectivity index (χ1) is 10.1. The van der Waals surface area contributed by atoms with Gasteiger partial charge in [-0.1, -0.05) is 13.8 Å². The Morgan fingerprint density at radius 2 is 2.00 bits per heavy atom. The molecule has 1 heterocycles. The summed E-state index contributed by atoms with van der Waals surface area (Å²) in [5.74, 6) is 1.26. The van der Waals surface area contributed by atoms with Crippen molar-refractivity contribution in [3.8, 4) is 0 Å². The van der Waals surface area contributed by atoms with Gasteiger partial charge in [0.1, 0.15) is 0 Å². The Hall–Kier alpha value is -1.24. The molecule has 0 bridgehead atoms. The average molecular weight is 296 g/mol. The molecular formula is C15H28N4O2. The quantitative estimate of drug-likeness (QED) is 0.683. The van der Waals surface area contributed by atoms with Crippen LogP contribution >= 0.6 is 0 Å². The Kier molecular flexibility index (Phi) is 8.19. The third-order valence-corrected chi connectivity index (χ3v) is 3.12. The Labute approximate surface area is 127 Å². The summed E-state index contributed by atoms with van der Waals surface area (Å²) in [6, 6.07) is 0. The Balaban J connectivity index is 2.49. The number of aromatic nitrogens is 2.